The van der Waals surface area contributed by atoms with E-state index in [-0.39, 0.29) is 49.0 Å². The molecule has 0 saturated carbocycles. The van der Waals surface area contributed by atoms with E-state index in [1.807, 2.05) is 12.1 Å². The molecule has 2 atom stereocenters. The van der Waals surface area contributed by atoms with Crippen molar-refractivity contribution in [3.05, 3.63) is 48.3 Å². The molecule has 1 fully saturated rings. The summed E-state index contributed by atoms with van der Waals surface area (Å²) in [7, 11) is 3.12. The molecule has 1 saturated heterocycles. The van der Waals surface area contributed by atoms with Gasteiger partial charge in [0, 0.05) is 45.6 Å². The molecule has 0 unspecified atom stereocenters. The molecule has 2 aromatic heterocycles. The number of fused-ring (bicyclic) bond motifs is 1. The number of ether oxygens (including phenoxy) is 2. The minimum atomic E-state index is -0.877. The van der Waals surface area contributed by atoms with Crippen molar-refractivity contribution in [2.75, 3.05) is 40.4 Å². The molecule has 42 heavy (non-hydrogen) atoms. The zero-order valence-corrected chi connectivity index (χ0v) is 24.0. The number of aromatic nitrogens is 4. The van der Waals surface area contributed by atoms with Crippen LogP contribution in [0.25, 0.3) is 5.65 Å². The molecule has 3 aromatic rings. The van der Waals surface area contributed by atoms with E-state index in [0.29, 0.717) is 43.9 Å². The maximum atomic E-state index is 13.4. The predicted octanol–water partition coefficient (Wildman–Crippen LogP) is 0.215. The van der Waals surface area contributed by atoms with Crippen molar-refractivity contribution < 1.29 is 28.7 Å². The van der Waals surface area contributed by atoms with Gasteiger partial charge in [-0.05, 0) is 43.5 Å². The van der Waals surface area contributed by atoms with Gasteiger partial charge in [-0.25, -0.2) is 0 Å². The van der Waals surface area contributed by atoms with Crippen molar-refractivity contribution in [1.82, 2.24) is 40.2 Å². The van der Waals surface area contributed by atoms with Crippen molar-refractivity contribution in [2.24, 2.45) is 0 Å². The van der Waals surface area contributed by atoms with Gasteiger partial charge in [0.15, 0.2) is 12.3 Å². The number of likely N-dealkylation sites (N-methyl/N-ethyl adjacent to an activating group) is 1. The van der Waals surface area contributed by atoms with Crippen LogP contribution < -0.4 is 20.1 Å². The number of methoxy groups -OCH3 is 1. The Labute approximate surface area is 243 Å². The smallest absolute Gasteiger partial charge is 0.260 e. The molecular formula is C28H36N8O6. The van der Waals surface area contributed by atoms with E-state index in [4.69, 9.17) is 9.47 Å². The molecule has 1 aliphatic rings. The fourth-order valence-electron chi connectivity index (χ4n) is 4.51. The van der Waals surface area contributed by atoms with E-state index >= 15 is 0 Å². The molecule has 0 spiro atoms. The average molecular weight is 581 g/mol. The van der Waals surface area contributed by atoms with Gasteiger partial charge in [-0.1, -0.05) is 12.1 Å². The van der Waals surface area contributed by atoms with E-state index in [9.17, 15) is 19.2 Å². The maximum absolute atomic E-state index is 13.4. The zero-order valence-electron chi connectivity index (χ0n) is 24.0. The number of rotatable bonds is 6. The van der Waals surface area contributed by atoms with E-state index in [2.05, 4.69) is 25.9 Å². The number of carbonyl (C=O) groups is 4. The number of nitrogens with one attached hydrogen (secondary N) is 2. The first-order valence-electron chi connectivity index (χ1n) is 13.8. The molecule has 1 aromatic carbocycles. The Bertz CT molecular complexity index is 1390. The molecule has 14 nitrogen and oxygen atoms in total. The Morgan fingerprint density at radius 2 is 1.83 bits per heavy atom. The van der Waals surface area contributed by atoms with Gasteiger partial charge < -0.3 is 29.9 Å². The molecule has 0 radical (unpaired) electrons. The SMILES string of the molecule is COc1ccc(C[C@@H]2NC(=O)CCCN(C(=O)COc3ccc4nncn4n3)CCCNC(=O)[C@H](C)N(C)C2=O)cc1. The minimum Gasteiger partial charge on any atom is -0.497 e. The summed E-state index contributed by atoms with van der Waals surface area (Å²) in [5.74, 6) is -0.382. The van der Waals surface area contributed by atoms with Crippen LogP contribution in [0.5, 0.6) is 11.6 Å². The first-order valence-corrected chi connectivity index (χ1v) is 13.8. The van der Waals surface area contributed by atoms with E-state index in [1.54, 1.807) is 50.2 Å². The Morgan fingerprint density at radius 1 is 1.07 bits per heavy atom. The standard InChI is InChI=1S/C28H36N8O6/c1-19-27(39)29-13-5-15-35(26(38)17-42-25-12-11-23-32-30-18-36(23)33-25)14-4-6-24(37)31-22(28(40)34(19)2)16-20-7-9-21(41-3)10-8-20/h7-12,18-19,22H,4-6,13-17H2,1-3H3,(H,29,39)(H,31,37)/t19-,22-/m0/s1. The van der Waals surface area contributed by atoms with Gasteiger partial charge in [-0.3, -0.25) is 19.2 Å². The van der Waals surface area contributed by atoms with Gasteiger partial charge in [0.25, 0.3) is 5.91 Å². The average Bonchev–Trinajstić information content (AvgIpc) is 3.47. The van der Waals surface area contributed by atoms with Gasteiger partial charge in [-0.2, -0.15) is 4.52 Å². The first-order chi connectivity index (χ1) is 20.2. The van der Waals surface area contributed by atoms with Crippen LogP contribution in [-0.2, 0) is 25.6 Å². The minimum absolute atomic E-state index is 0.110. The van der Waals surface area contributed by atoms with E-state index in [1.165, 1.54) is 15.7 Å². The van der Waals surface area contributed by atoms with Gasteiger partial charge in [0.2, 0.25) is 23.6 Å². The largest absolute Gasteiger partial charge is 0.497 e. The third kappa shape index (κ3) is 7.92. The van der Waals surface area contributed by atoms with Crippen molar-refractivity contribution in [3.63, 3.8) is 0 Å². The van der Waals surface area contributed by atoms with Crippen LogP contribution in [0, 0.1) is 0 Å². The topological polar surface area (TPSA) is 160 Å². The molecule has 4 amide bonds. The summed E-state index contributed by atoms with van der Waals surface area (Å²) in [4.78, 5) is 55.2. The van der Waals surface area contributed by atoms with Crippen LogP contribution >= 0.6 is 0 Å². The molecule has 2 N–H and O–H groups in total. The lowest BCUT2D eigenvalue weighted by atomic mass is 10.0. The fraction of sp³-hybridized carbons (Fsp3) is 0.464. The van der Waals surface area contributed by atoms with E-state index < -0.39 is 12.1 Å². The van der Waals surface area contributed by atoms with Crippen molar-refractivity contribution in [1.29, 1.82) is 0 Å². The predicted molar refractivity (Wildman–Crippen MR) is 151 cm³/mol. The summed E-state index contributed by atoms with van der Waals surface area (Å²) in [5.41, 5.74) is 1.38. The number of nitrogens with zero attached hydrogens (tertiary/aromatic N) is 6. The first kappa shape index (κ1) is 30.2. The van der Waals surface area contributed by atoms with E-state index in [0.717, 1.165) is 5.56 Å². The van der Waals surface area contributed by atoms with Crippen LogP contribution in [0.15, 0.2) is 42.7 Å². The normalized spacial score (nSPS) is 19.5. The monoisotopic (exact) mass is 580 g/mol. The van der Waals surface area contributed by atoms with Crippen LogP contribution in [0.2, 0.25) is 0 Å². The lowest BCUT2D eigenvalue weighted by molar-refractivity contribution is -0.141. The second-order valence-electron chi connectivity index (χ2n) is 10.0. The van der Waals surface area contributed by atoms with Crippen molar-refractivity contribution >= 4 is 29.3 Å². The van der Waals surface area contributed by atoms with Crippen molar-refractivity contribution in [3.8, 4) is 11.6 Å². The Hall–Kier alpha value is -4.75. The van der Waals surface area contributed by atoms with Gasteiger partial charge >= 0.3 is 0 Å². The number of amides is 4. The molecule has 14 heteroatoms. The lowest BCUT2D eigenvalue weighted by Crippen LogP contribution is -2.54. The quantitative estimate of drug-likeness (QED) is 0.416. The highest BCUT2D eigenvalue weighted by molar-refractivity contribution is 5.92. The number of benzene rings is 1. The zero-order chi connectivity index (χ0) is 30.1. The molecule has 0 bridgehead atoms. The Morgan fingerprint density at radius 3 is 2.60 bits per heavy atom. The van der Waals surface area contributed by atoms with Gasteiger partial charge in [0.1, 0.15) is 24.2 Å². The molecule has 4 rings (SSSR count). The van der Waals surface area contributed by atoms with Crippen LogP contribution in [0.4, 0.5) is 0 Å². The highest BCUT2D eigenvalue weighted by atomic mass is 16.5. The van der Waals surface area contributed by atoms with Crippen LogP contribution in [0.1, 0.15) is 31.7 Å². The second-order valence-corrected chi connectivity index (χ2v) is 10.0. The van der Waals surface area contributed by atoms with Crippen LogP contribution in [0.3, 0.4) is 0 Å². The molecule has 1 aliphatic heterocycles. The maximum Gasteiger partial charge on any atom is 0.260 e. The molecular weight excluding hydrogens is 544 g/mol. The number of hydrogen-bond donors (Lipinski definition) is 2. The summed E-state index contributed by atoms with van der Waals surface area (Å²) in [6.07, 6.45) is 2.65. The van der Waals surface area contributed by atoms with Gasteiger partial charge in [0.05, 0.1) is 7.11 Å². The summed E-state index contributed by atoms with van der Waals surface area (Å²) >= 11 is 0. The highest BCUT2D eigenvalue weighted by Gasteiger charge is 2.30. The second kappa shape index (κ2) is 14.2. The summed E-state index contributed by atoms with van der Waals surface area (Å²) in [6.45, 7) is 2.35. The molecule has 224 valence electrons. The third-order valence-electron chi connectivity index (χ3n) is 7.11. The number of carbonyl (C=O) groups excluding carboxylic acids is 4. The Kier molecular flexibility index (Phi) is 10.2. The highest BCUT2D eigenvalue weighted by Crippen LogP contribution is 2.15. The summed E-state index contributed by atoms with van der Waals surface area (Å²) < 4.78 is 12.3. The molecule has 0 aliphatic carbocycles. The fourth-order valence-corrected chi connectivity index (χ4v) is 4.51. The third-order valence-corrected chi connectivity index (χ3v) is 7.11. The number of hydrogen-bond acceptors (Lipinski definition) is 9. The van der Waals surface area contributed by atoms with Crippen molar-refractivity contribution in [2.45, 2.75) is 44.7 Å². The summed E-state index contributed by atoms with van der Waals surface area (Å²) in [6, 6.07) is 8.86. The Balaban J connectivity index is 1.43. The van der Waals surface area contributed by atoms with Crippen LogP contribution in [-0.4, -0.2) is 106 Å². The molecule has 3 heterocycles. The van der Waals surface area contributed by atoms with Gasteiger partial charge in [-0.15, -0.1) is 15.3 Å². The summed E-state index contributed by atoms with van der Waals surface area (Å²) in [5, 5.41) is 17.5. The lowest BCUT2D eigenvalue weighted by Gasteiger charge is -2.29.